The maximum atomic E-state index is 12.1. The van der Waals surface area contributed by atoms with E-state index < -0.39 is 5.91 Å². The Hall–Kier alpha value is -2.88. The summed E-state index contributed by atoms with van der Waals surface area (Å²) < 4.78 is 0. The molecule has 4 rings (SSSR count). The van der Waals surface area contributed by atoms with Crippen LogP contribution in [0, 0.1) is 13.0 Å². The van der Waals surface area contributed by atoms with Gasteiger partial charge in [0.15, 0.2) is 0 Å². The number of carbonyl (C=O) groups excluding carboxylic acids is 1. The molecule has 1 aliphatic heterocycles. The van der Waals surface area contributed by atoms with E-state index in [-0.39, 0.29) is 0 Å². The summed E-state index contributed by atoms with van der Waals surface area (Å²) in [5.41, 5.74) is 10.0. The Morgan fingerprint density at radius 3 is 2.84 bits per heavy atom. The second-order valence-electron chi connectivity index (χ2n) is 6.57. The maximum absolute atomic E-state index is 12.1. The molecule has 125 valence electrons. The van der Waals surface area contributed by atoms with Crippen LogP contribution in [-0.4, -0.2) is 24.0 Å². The minimum Gasteiger partial charge on any atom is -0.370 e. The first-order valence-electron chi connectivity index (χ1n) is 8.55. The molecular weight excluding hydrogens is 310 g/mol. The molecule has 1 atom stereocenters. The number of hydrogen-bond donors (Lipinski definition) is 1. The lowest BCUT2D eigenvalue weighted by atomic mass is 9.98. The van der Waals surface area contributed by atoms with Gasteiger partial charge in [0.25, 0.3) is 5.91 Å². The van der Waals surface area contributed by atoms with E-state index >= 15 is 0 Å². The van der Waals surface area contributed by atoms with Gasteiger partial charge in [0.05, 0.1) is 22.5 Å². The highest BCUT2D eigenvalue weighted by molar-refractivity contribution is 6.08. The van der Waals surface area contributed by atoms with E-state index in [0.717, 1.165) is 36.1 Å². The molecule has 0 bridgehead atoms. The number of fused-ring (bicyclic) bond motifs is 1. The number of primary amides is 1. The highest BCUT2D eigenvalue weighted by Gasteiger charge is 2.29. The van der Waals surface area contributed by atoms with Crippen molar-refractivity contribution < 1.29 is 4.79 Å². The largest absolute Gasteiger partial charge is 0.370 e. The summed E-state index contributed by atoms with van der Waals surface area (Å²) >= 11 is 0. The second kappa shape index (κ2) is 6.20. The number of amides is 1. The van der Waals surface area contributed by atoms with Gasteiger partial charge in [-0.2, -0.15) is 0 Å². The minimum atomic E-state index is -0.422. The van der Waals surface area contributed by atoms with E-state index in [1.807, 2.05) is 31.2 Å². The van der Waals surface area contributed by atoms with Gasteiger partial charge >= 0.3 is 0 Å². The number of carbonyl (C=O) groups is 1. The zero-order chi connectivity index (χ0) is 17.4. The number of aromatic nitrogens is 1. The normalized spacial score (nSPS) is 17.2. The Bertz CT molecular complexity index is 937. The topological polar surface area (TPSA) is 59.2 Å². The van der Waals surface area contributed by atoms with Crippen LogP contribution < -0.4 is 10.6 Å². The molecule has 0 aliphatic carbocycles. The summed E-state index contributed by atoms with van der Waals surface area (Å²) in [4.78, 5) is 19.0. The van der Waals surface area contributed by atoms with Crippen molar-refractivity contribution in [2.24, 2.45) is 5.73 Å². The zero-order valence-corrected chi connectivity index (χ0v) is 14.2. The molecule has 0 spiro atoms. The van der Waals surface area contributed by atoms with Crippen LogP contribution in [0.1, 0.15) is 34.0 Å². The number of rotatable bonds is 3. The predicted octanol–water partition coefficient (Wildman–Crippen LogP) is 3.44. The summed E-state index contributed by atoms with van der Waals surface area (Å²) in [5.74, 6) is 0.0343. The van der Waals surface area contributed by atoms with Crippen LogP contribution in [0.4, 0.5) is 5.69 Å². The summed E-state index contributed by atoms with van der Waals surface area (Å²) in [6.45, 7) is 3.62. The smallest absolute Gasteiger partial charge is 0.252 e. The molecule has 1 radical (unpaired) electrons. The third-order valence-electron chi connectivity index (χ3n) is 5.00. The van der Waals surface area contributed by atoms with Crippen LogP contribution in [0.5, 0.6) is 0 Å². The van der Waals surface area contributed by atoms with E-state index in [2.05, 4.69) is 40.2 Å². The van der Waals surface area contributed by atoms with Crippen molar-refractivity contribution in [3.05, 3.63) is 71.4 Å². The van der Waals surface area contributed by atoms with Gasteiger partial charge in [0.1, 0.15) is 0 Å². The zero-order valence-electron chi connectivity index (χ0n) is 14.2. The first-order chi connectivity index (χ1) is 12.1. The van der Waals surface area contributed by atoms with E-state index in [9.17, 15) is 4.79 Å². The summed E-state index contributed by atoms with van der Waals surface area (Å²) in [6, 6.07) is 19.3. The maximum Gasteiger partial charge on any atom is 0.252 e. The highest BCUT2D eigenvalue weighted by Crippen LogP contribution is 2.37. The molecule has 4 nitrogen and oxygen atoms in total. The summed E-state index contributed by atoms with van der Waals surface area (Å²) in [6.07, 6.45) is 1.06. The van der Waals surface area contributed by atoms with Crippen molar-refractivity contribution in [2.75, 3.05) is 18.0 Å². The molecule has 0 unspecified atom stereocenters. The van der Waals surface area contributed by atoms with Crippen molar-refractivity contribution >= 4 is 22.5 Å². The number of nitrogens with two attached hydrogens (primary N) is 1. The lowest BCUT2D eigenvalue weighted by Crippen LogP contribution is -2.25. The van der Waals surface area contributed by atoms with E-state index in [1.165, 1.54) is 5.56 Å². The molecule has 25 heavy (non-hydrogen) atoms. The molecule has 1 aromatic heterocycles. The predicted molar refractivity (Wildman–Crippen MR) is 99.8 cm³/mol. The van der Waals surface area contributed by atoms with Crippen molar-refractivity contribution in [2.45, 2.75) is 19.3 Å². The van der Waals surface area contributed by atoms with Crippen LogP contribution in [0.2, 0.25) is 0 Å². The Labute approximate surface area is 147 Å². The molecule has 4 heteroatoms. The van der Waals surface area contributed by atoms with E-state index in [4.69, 9.17) is 5.73 Å². The number of nitrogens with zero attached hydrogens (tertiary/aromatic N) is 2. The molecule has 1 fully saturated rings. The standard InChI is InChI=1S/C21H20N3O/c1-14-19(21(22)25)20(17-9-5-6-10-18(17)23-14)24-12-11-16(13-24)15-7-3-2-4-8-15/h2-4,6-10,16H,11-13H2,1H3,(H2,22,25)/t16-/m1/s1. The van der Waals surface area contributed by atoms with Gasteiger partial charge in [0, 0.05) is 24.4 Å². The fraction of sp³-hybridized carbons (Fsp3) is 0.238. The molecule has 1 amide bonds. The van der Waals surface area contributed by atoms with Crippen LogP contribution in [-0.2, 0) is 0 Å². The SMILES string of the molecule is Cc1nc2cc[c]cc2c(N2CC[C@@H](c3ccccc3)C2)c1C(N)=O. The lowest BCUT2D eigenvalue weighted by molar-refractivity contribution is 0.1000. The Balaban J connectivity index is 1.81. The monoisotopic (exact) mass is 330 g/mol. The molecule has 1 saturated heterocycles. The van der Waals surface area contributed by atoms with Gasteiger partial charge in [-0.05, 0) is 37.1 Å². The van der Waals surface area contributed by atoms with Crippen molar-refractivity contribution in [3.8, 4) is 0 Å². The van der Waals surface area contributed by atoms with Crippen molar-refractivity contribution in [3.63, 3.8) is 0 Å². The number of pyridine rings is 1. The molecule has 2 heterocycles. The fourth-order valence-electron chi connectivity index (χ4n) is 3.84. The van der Waals surface area contributed by atoms with Crippen LogP contribution in [0.25, 0.3) is 10.9 Å². The van der Waals surface area contributed by atoms with Gasteiger partial charge in [-0.15, -0.1) is 0 Å². The van der Waals surface area contributed by atoms with Crippen LogP contribution >= 0.6 is 0 Å². The fourth-order valence-corrected chi connectivity index (χ4v) is 3.84. The molecule has 1 aliphatic rings. The summed E-state index contributed by atoms with van der Waals surface area (Å²) in [5, 5.41) is 0.940. The molecule has 0 saturated carbocycles. The van der Waals surface area contributed by atoms with Gasteiger partial charge < -0.3 is 10.6 Å². The average Bonchev–Trinajstić information content (AvgIpc) is 3.10. The molecule has 2 N–H and O–H groups in total. The average molecular weight is 330 g/mol. The van der Waals surface area contributed by atoms with Crippen LogP contribution in [0.3, 0.4) is 0 Å². The number of hydrogen-bond acceptors (Lipinski definition) is 3. The Morgan fingerprint density at radius 2 is 2.08 bits per heavy atom. The van der Waals surface area contributed by atoms with Gasteiger partial charge in [0.2, 0.25) is 0 Å². The number of aryl methyl sites for hydroxylation is 1. The van der Waals surface area contributed by atoms with Crippen molar-refractivity contribution in [1.82, 2.24) is 4.98 Å². The third kappa shape index (κ3) is 2.74. The van der Waals surface area contributed by atoms with Gasteiger partial charge in [-0.25, -0.2) is 0 Å². The first-order valence-corrected chi connectivity index (χ1v) is 8.55. The molecular formula is C21H20N3O. The Morgan fingerprint density at radius 1 is 1.28 bits per heavy atom. The van der Waals surface area contributed by atoms with E-state index in [1.54, 1.807) is 0 Å². The van der Waals surface area contributed by atoms with Gasteiger partial charge in [-0.3, -0.25) is 9.78 Å². The third-order valence-corrected chi connectivity index (χ3v) is 5.00. The molecule has 2 aromatic carbocycles. The number of anilines is 1. The van der Waals surface area contributed by atoms with Crippen molar-refractivity contribution in [1.29, 1.82) is 0 Å². The highest BCUT2D eigenvalue weighted by atomic mass is 16.1. The summed E-state index contributed by atoms with van der Waals surface area (Å²) in [7, 11) is 0. The lowest BCUT2D eigenvalue weighted by Gasteiger charge is -2.24. The first kappa shape index (κ1) is 15.6. The van der Waals surface area contributed by atoms with E-state index in [0.29, 0.717) is 17.2 Å². The number of benzene rings is 2. The van der Waals surface area contributed by atoms with Gasteiger partial charge in [-0.1, -0.05) is 36.4 Å². The second-order valence-corrected chi connectivity index (χ2v) is 6.57. The quantitative estimate of drug-likeness (QED) is 0.800. The Kier molecular flexibility index (Phi) is 3.88. The van der Waals surface area contributed by atoms with Crippen LogP contribution in [0.15, 0.2) is 48.5 Å². The minimum absolute atomic E-state index is 0.422. The molecule has 3 aromatic rings.